The number of fused-ring (bicyclic) bond motifs is 1. The van der Waals surface area contributed by atoms with Crippen LogP contribution in [-0.2, 0) is 38.4 Å². The van der Waals surface area contributed by atoms with E-state index < -0.39 is 34.9 Å². The Labute approximate surface area is 265 Å². The average Bonchev–Trinajstić information content (AvgIpc) is 3.00. The van der Waals surface area contributed by atoms with Crippen LogP contribution in [0, 0.1) is 17.0 Å². The molecule has 46 heavy (non-hydrogen) atoms. The van der Waals surface area contributed by atoms with Crippen LogP contribution in [0.2, 0.25) is 0 Å². The zero-order valence-corrected chi connectivity index (χ0v) is 25.4. The van der Waals surface area contributed by atoms with E-state index >= 15 is 0 Å². The number of amides is 2. The SMILES string of the molecule is CC(=O)N1CCc2cc(NC(=C[N+](=O)[O-])Nc3ccc(C)cc3)ccc2C1C(=O)NC(Cc1ccc(CCC(=O)O)cc1)C(=O)O. The van der Waals surface area contributed by atoms with E-state index in [1.165, 1.54) is 11.8 Å². The minimum atomic E-state index is -1.29. The molecule has 13 heteroatoms. The molecule has 0 aromatic heterocycles. The molecule has 3 aromatic carbocycles. The predicted octanol–water partition coefficient (Wildman–Crippen LogP) is 3.87. The number of hydrogen-bond acceptors (Lipinski definition) is 8. The van der Waals surface area contributed by atoms with Crippen molar-refractivity contribution in [2.75, 3.05) is 17.2 Å². The lowest BCUT2D eigenvalue weighted by molar-refractivity contribution is -0.403. The molecule has 0 bridgehead atoms. The fourth-order valence-electron chi connectivity index (χ4n) is 5.26. The second-order valence-electron chi connectivity index (χ2n) is 11.0. The number of carboxylic acids is 2. The van der Waals surface area contributed by atoms with Crippen molar-refractivity contribution in [1.29, 1.82) is 0 Å². The normalized spacial score (nSPS) is 14.9. The summed E-state index contributed by atoms with van der Waals surface area (Å²) in [4.78, 5) is 61.4. The smallest absolute Gasteiger partial charge is 0.326 e. The zero-order chi connectivity index (χ0) is 33.4. The van der Waals surface area contributed by atoms with Gasteiger partial charge in [-0.3, -0.25) is 24.5 Å². The molecule has 240 valence electrons. The molecule has 2 atom stereocenters. The molecular weight excluding hydrogens is 594 g/mol. The lowest BCUT2D eigenvalue weighted by Gasteiger charge is -2.36. The van der Waals surface area contributed by atoms with Crippen molar-refractivity contribution >= 4 is 35.1 Å². The molecule has 1 aliphatic rings. The van der Waals surface area contributed by atoms with Crippen LogP contribution in [0.1, 0.15) is 47.2 Å². The molecule has 2 unspecified atom stereocenters. The number of carbonyl (C=O) groups is 4. The maximum atomic E-state index is 13.7. The lowest BCUT2D eigenvalue weighted by atomic mass is 9.91. The Morgan fingerprint density at radius 3 is 2.22 bits per heavy atom. The standard InChI is InChI=1S/C33H35N5O8/c1-20-3-10-25(11-4-20)34-29(19-38(45)46)35-26-12-13-27-24(18-26)15-16-37(21(2)39)31(27)32(42)36-28(33(43)44)17-23-7-5-22(6-8-23)9-14-30(40)41/h3-8,10-13,18-19,28,31,34-35H,9,14-17H2,1-2H3,(H,36,42)(H,40,41)(H,43,44). The van der Waals surface area contributed by atoms with Gasteiger partial charge in [-0.2, -0.15) is 0 Å². The van der Waals surface area contributed by atoms with E-state index in [0.717, 1.165) is 22.9 Å². The third-order valence-corrected chi connectivity index (χ3v) is 7.57. The van der Waals surface area contributed by atoms with E-state index in [1.54, 1.807) is 54.6 Å². The average molecular weight is 630 g/mol. The maximum Gasteiger partial charge on any atom is 0.326 e. The molecule has 3 aromatic rings. The van der Waals surface area contributed by atoms with Crippen LogP contribution >= 0.6 is 0 Å². The fraction of sp³-hybridized carbons (Fsp3) is 0.273. The van der Waals surface area contributed by atoms with Crippen LogP contribution < -0.4 is 16.0 Å². The highest BCUT2D eigenvalue weighted by atomic mass is 16.6. The van der Waals surface area contributed by atoms with Gasteiger partial charge >= 0.3 is 11.9 Å². The number of hydrogen-bond donors (Lipinski definition) is 5. The first-order chi connectivity index (χ1) is 21.9. The Kier molecular flexibility index (Phi) is 10.7. The number of nitrogens with zero attached hydrogens (tertiary/aromatic N) is 2. The summed E-state index contributed by atoms with van der Waals surface area (Å²) >= 11 is 0. The first-order valence-corrected chi connectivity index (χ1v) is 14.6. The highest BCUT2D eigenvalue weighted by Crippen LogP contribution is 2.32. The van der Waals surface area contributed by atoms with Gasteiger partial charge in [0.15, 0.2) is 5.82 Å². The quantitative estimate of drug-likeness (QED) is 0.137. The van der Waals surface area contributed by atoms with E-state index in [0.29, 0.717) is 35.3 Å². The van der Waals surface area contributed by atoms with E-state index in [-0.39, 0.29) is 31.1 Å². The molecule has 1 aliphatic heterocycles. The van der Waals surface area contributed by atoms with E-state index in [2.05, 4.69) is 16.0 Å². The Bertz CT molecular complexity index is 1650. The number of aliphatic carboxylic acids is 2. The Balaban J connectivity index is 1.53. The van der Waals surface area contributed by atoms with Crippen LogP contribution in [0.3, 0.4) is 0 Å². The van der Waals surface area contributed by atoms with E-state index in [1.807, 2.05) is 19.1 Å². The lowest BCUT2D eigenvalue weighted by Crippen LogP contribution is -2.51. The number of rotatable bonds is 13. The summed E-state index contributed by atoms with van der Waals surface area (Å²) in [6, 6.07) is 16.8. The van der Waals surface area contributed by atoms with Gasteiger partial charge in [0.2, 0.25) is 11.8 Å². The first-order valence-electron chi connectivity index (χ1n) is 14.6. The molecule has 1 heterocycles. The van der Waals surface area contributed by atoms with Crippen LogP contribution in [0.25, 0.3) is 0 Å². The van der Waals surface area contributed by atoms with Gasteiger partial charge in [-0.1, -0.05) is 48.0 Å². The van der Waals surface area contributed by atoms with Crippen molar-refractivity contribution in [3.05, 3.63) is 117 Å². The van der Waals surface area contributed by atoms with Gasteiger partial charge in [0.25, 0.3) is 6.20 Å². The molecular formula is C33H35N5O8. The first kappa shape index (κ1) is 33.2. The van der Waals surface area contributed by atoms with Crippen molar-refractivity contribution in [2.24, 2.45) is 0 Å². The largest absolute Gasteiger partial charge is 0.481 e. The third-order valence-electron chi connectivity index (χ3n) is 7.57. The van der Waals surface area contributed by atoms with Crippen molar-refractivity contribution in [1.82, 2.24) is 10.2 Å². The van der Waals surface area contributed by atoms with Crippen molar-refractivity contribution in [2.45, 2.75) is 51.6 Å². The van der Waals surface area contributed by atoms with Gasteiger partial charge < -0.3 is 31.1 Å². The number of benzene rings is 3. The van der Waals surface area contributed by atoms with Gasteiger partial charge in [0.1, 0.15) is 12.1 Å². The number of nitro groups is 1. The molecule has 0 saturated heterocycles. The van der Waals surface area contributed by atoms with Gasteiger partial charge in [-0.15, -0.1) is 0 Å². The minimum Gasteiger partial charge on any atom is -0.481 e. The summed E-state index contributed by atoms with van der Waals surface area (Å²) in [6.07, 6.45) is 1.50. The van der Waals surface area contributed by atoms with Gasteiger partial charge in [-0.25, -0.2) is 4.79 Å². The van der Waals surface area contributed by atoms with Gasteiger partial charge in [-0.05, 0) is 66.3 Å². The molecule has 2 amide bonds. The molecule has 13 nitrogen and oxygen atoms in total. The topological polar surface area (TPSA) is 191 Å². The summed E-state index contributed by atoms with van der Waals surface area (Å²) in [5, 5.41) is 38.7. The Morgan fingerprint density at radius 2 is 1.61 bits per heavy atom. The number of carboxylic acid groups (broad SMARTS) is 2. The van der Waals surface area contributed by atoms with Gasteiger partial charge in [0, 0.05) is 37.7 Å². The molecule has 0 fully saturated rings. The second kappa shape index (κ2) is 14.8. The van der Waals surface area contributed by atoms with Crippen LogP contribution in [0.5, 0.6) is 0 Å². The third kappa shape index (κ3) is 8.91. The van der Waals surface area contributed by atoms with Crippen molar-refractivity contribution in [3.8, 4) is 0 Å². The summed E-state index contributed by atoms with van der Waals surface area (Å²) in [6.45, 7) is 3.48. The predicted molar refractivity (Wildman–Crippen MR) is 169 cm³/mol. The molecule has 0 spiro atoms. The highest BCUT2D eigenvalue weighted by molar-refractivity contribution is 5.91. The van der Waals surface area contributed by atoms with Crippen molar-refractivity contribution in [3.63, 3.8) is 0 Å². The van der Waals surface area contributed by atoms with Crippen LogP contribution in [0.15, 0.2) is 78.8 Å². The Morgan fingerprint density at radius 1 is 0.978 bits per heavy atom. The van der Waals surface area contributed by atoms with Gasteiger partial charge in [0.05, 0.1) is 4.92 Å². The number of carbonyl (C=O) groups excluding carboxylic acids is 2. The van der Waals surface area contributed by atoms with Crippen LogP contribution in [-0.4, -0.2) is 56.4 Å². The second-order valence-corrected chi connectivity index (χ2v) is 11.0. The monoisotopic (exact) mass is 629 g/mol. The summed E-state index contributed by atoms with van der Waals surface area (Å²) < 4.78 is 0. The summed E-state index contributed by atoms with van der Waals surface area (Å²) in [5.41, 5.74) is 4.85. The molecule has 0 radical (unpaired) electrons. The Hall–Kier alpha value is -5.72. The summed E-state index contributed by atoms with van der Waals surface area (Å²) in [7, 11) is 0. The summed E-state index contributed by atoms with van der Waals surface area (Å²) in [5.74, 6) is -3.06. The number of aryl methyl sites for hydroxylation is 2. The zero-order valence-electron chi connectivity index (χ0n) is 25.4. The maximum absolute atomic E-state index is 13.7. The highest BCUT2D eigenvalue weighted by Gasteiger charge is 2.36. The van der Waals surface area contributed by atoms with Crippen molar-refractivity contribution < 1.29 is 34.3 Å². The number of nitrogens with one attached hydrogen (secondary N) is 3. The molecule has 0 aliphatic carbocycles. The number of anilines is 2. The molecule has 0 saturated carbocycles. The molecule has 5 N–H and O–H groups in total. The molecule has 4 rings (SSSR count). The minimum absolute atomic E-state index is 0.0255. The van der Waals surface area contributed by atoms with E-state index in [4.69, 9.17) is 5.11 Å². The van der Waals surface area contributed by atoms with Crippen LogP contribution in [0.4, 0.5) is 11.4 Å². The fourth-order valence-corrected chi connectivity index (χ4v) is 5.26. The van der Waals surface area contributed by atoms with E-state index in [9.17, 15) is 34.4 Å².